The molecule has 11 heavy (non-hydrogen) atoms. The summed E-state index contributed by atoms with van der Waals surface area (Å²) in [6.45, 7) is 5.39. The molecule has 66 valence electrons. The summed E-state index contributed by atoms with van der Waals surface area (Å²) >= 11 is 0. The molecule has 0 bridgehead atoms. The number of hydrogen-bond acceptors (Lipinski definition) is 2. The summed E-state index contributed by atoms with van der Waals surface area (Å²) in [6, 6.07) is -0.00523. The summed E-state index contributed by atoms with van der Waals surface area (Å²) in [5, 5.41) is 1.49. The maximum atomic E-state index is 11.3. The lowest BCUT2D eigenvalue weighted by Crippen LogP contribution is -2.46. The van der Waals surface area contributed by atoms with E-state index in [4.69, 9.17) is 0 Å². The summed E-state index contributed by atoms with van der Waals surface area (Å²) in [5.74, 6) is 0. The van der Waals surface area contributed by atoms with Crippen molar-refractivity contribution < 1.29 is 4.79 Å². The van der Waals surface area contributed by atoms with E-state index in [1.807, 2.05) is 13.8 Å². The van der Waals surface area contributed by atoms with Gasteiger partial charge in [0.2, 0.25) is 0 Å². The molecule has 0 aromatic carbocycles. The molecule has 0 fully saturated rings. The van der Waals surface area contributed by atoms with Crippen LogP contribution in [-0.4, -0.2) is 43.1 Å². The first-order valence-corrected chi connectivity index (χ1v) is 3.85. The average Bonchev–Trinajstić information content (AvgIpc) is 2.02. The predicted octanol–water partition coefficient (Wildman–Crippen LogP) is 0.514. The van der Waals surface area contributed by atoms with Crippen LogP contribution in [0.25, 0.3) is 0 Å². The fourth-order valence-electron chi connectivity index (χ4n) is 0.696. The minimum Gasteiger partial charge on any atom is -0.327 e. The largest absolute Gasteiger partial charge is 0.333 e. The zero-order valence-corrected chi connectivity index (χ0v) is 7.72. The second-order valence-electron chi connectivity index (χ2n) is 2.37. The Kier molecular flexibility index (Phi) is 4.61. The van der Waals surface area contributed by atoms with E-state index in [0.29, 0.717) is 0 Å². The van der Waals surface area contributed by atoms with Crippen molar-refractivity contribution in [3.63, 3.8) is 0 Å². The van der Waals surface area contributed by atoms with Crippen LogP contribution < -0.4 is 5.43 Å². The molecule has 0 atom stereocenters. The van der Waals surface area contributed by atoms with Gasteiger partial charge in [0.15, 0.2) is 0 Å². The topological polar surface area (TPSA) is 35.6 Å². The number of nitrogens with one attached hydrogen (secondary N) is 1. The van der Waals surface area contributed by atoms with Crippen LogP contribution in [-0.2, 0) is 0 Å². The molecule has 2 amide bonds. The molecule has 0 radical (unpaired) electrons. The van der Waals surface area contributed by atoms with Crippen LogP contribution in [0.1, 0.15) is 13.8 Å². The molecule has 4 heteroatoms. The van der Waals surface area contributed by atoms with Gasteiger partial charge in [-0.1, -0.05) is 6.92 Å². The Morgan fingerprint density at radius 3 is 2.27 bits per heavy atom. The fraction of sp³-hybridized carbons (Fsp3) is 0.857. The van der Waals surface area contributed by atoms with Gasteiger partial charge in [-0.2, -0.15) is 0 Å². The molecular formula is C7H17N3O. The molecule has 0 rings (SSSR count). The van der Waals surface area contributed by atoms with Crippen molar-refractivity contribution >= 4 is 6.03 Å². The Labute approximate surface area is 68.1 Å². The molecule has 0 saturated carbocycles. The van der Waals surface area contributed by atoms with E-state index in [1.54, 1.807) is 19.0 Å². The van der Waals surface area contributed by atoms with E-state index < -0.39 is 0 Å². The molecule has 1 N–H and O–H groups in total. The van der Waals surface area contributed by atoms with Crippen molar-refractivity contribution in [1.29, 1.82) is 0 Å². The van der Waals surface area contributed by atoms with Gasteiger partial charge < -0.3 is 4.90 Å². The van der Waals surface area contributed by atoms with Crippen LogP contribution >= 0.6 is 0 Å². The van der Waals surface area contributed by atoms with E-state index >= 15 is 0 Å². The number of hydrogen-bond donors (Lipinski definition) is 1. The average molecular weight is 159 g/mol. The van der Waals surface area contributed by atoms with Gasteiger partial charge in [0, 0.05) is 27.2 Å². The minimum absolute atomic E-state index is 0.00523. The quantitative estimate of drug-likeness (QED) is 0.609. The highest BCUT2D eigenvalue weighted by Crippen LogP contribution is 1.88. The highest BCUT2D eigenvalue weighted by Gasteiger charge is 2.10. The number of amides is 2. The minimum atomic E-state index is -0.00523. The molecule has 0 aromatic rings. The number of hydrazine groups is 1. The van der Waals surface area contributed by atoms with Gasteiger partial charge in [0.05, 0.1) is 0 Å². The first-order valence-electron chi connectivity index (χ1n) is 3.85. The van der Waals surface area contributed by atoms with Crippen LogP contribution in [0.5, 0.6) is 0 Å². The number of urea groups is 1. The molecule has 0 spiro atoms. The summed E-state index contributed by atoms with van der Waals surface area (Å²) in [7, 11) is 3.49. The third-order valence-corrected chi connectivity index (χ3v) is 1.48. The molecule has 0 aromatic heterocycles. The number of rotatable bonds is 3. The Hall–Kier alpha value is -0.770. The summed E-state index contributed by atoms with van der Waals surface area (Å²) in [6.07, 6.45) is 0. The molecule has 0 saturated heterocycles. The van der Waals surface area contributed by atoms with E-state index in [1.165, 1.54) is 5.01 Å². The van der Waals surface area contributed by atoms with Gasteiger partial charge in [0.25, 0.3) is 0 Å². The van der Waals surface area contributed by atoms with Crippen LogP contribution in [0.3, 0.4) is 0 Å². The van der Waals surface area contributed by atoms with Crippen LogP contribution in [0.15, 0.2) is 0 Å². The number of nitrogens with zero attached hydrogens (tertiary/aromatic N) is 2. The second kappa shape index (κ2) is 4.96. The van der Waals surface area contributed by atoms with Gasteiger partial charge in [0.1, 0.15) is 0 Å². The molecule has 0 heterocycles. The van der Waals surface area contributed by atoms with E-state index in [9.17, 15) is 4.79 Å². The molecule has 0 aliphatic rings. The van der Waals surface area contributed by atoms with Crippen molar-refractivity contribution in [1.82, 2.24) is 15.3 Å². The van der Waals surface area contributed by atoms with Crippen molar-refractivity contribution in [2.45, 2.75) is 13.8 Å². The van der Waals surface area contributed by atoms with E-state index in [0.717, 1.165) is 13.1 Å². The van der Waals surface area contributed by atoms with Crippen LogP contribution in [0.2, 0.25) is 0 Å². The SMILES string of the molecule is CCNN(C)C(=O)N(C)CC. The Bertz CT molecular complexity index is 127. The normalized spacial score (nSPS) is 9.45. The maximum absolute atomic E-state index is 11.3. The van der Waals surface area contributed by atoms with Crippen LogP contribution in [0, 0.1) is 0 Å². The Balaban J connectivity index is 3.81. The molecule has 0 unspecified atom stereocenters. The van der Waals surface area contributed by atoms with Crippen LogP contribution in [0.4, 0.5) is 4.79 Å². The van der Waals surface area contributed by atoms with Gasteiger partial charge >= 0.3 is 6.03 Å². The lowest BCUT2D eigenvalue weighted by Gasteiger charge is -2.23. The maximum Gasteiger partial charge on any atom is 0.333 e. The highest BCUT2D eigenvalue weighted by molar-refractivity contribution is 5.73. The van der Waals surface area contributed by atoms with Gasteiger partial charge in [-0.25, -0.2) is 10.2 Å². The lowest BCUT2D eigenvalue weighted by atomic mass is 10.6. The predicted molar refractivity (Wildman–Crippen MR) is 45.1 cm³/mol. The Morgan fingerprint density at radius 1 is 1.36 bits per heavy atom. The fourth-order valence-corrected chi connectivity index (χ4v) is 0.696. The second-order valence-corrected chi connectivity index (χ2v) is 2.37. The van der Waals surface area contributed by atoms with Crippen molar-refractivity contribution in [3.8, 4) is 0 Å². The molecule has 0 aliphatic heterocycles. The third kappa shape index (κ3) is 3.23. The molecule has 4 nitrogen and oxygen atoms in total. The summed E-state index contributed by atoms with van der Waals surface area (Å²) < 4.78 is 0. The van der Waals surface area contributed by atoms with E-state index in [-0.39, 0.29) is 6.03 Å². The Morgan fingerprint density at radius 2 is 1.91 bits per heavy atom. The number of carbonyl (C=O) groups is 1. The van der Waals surface area contributed by atoms with Crippen molar-refractivity contribution in [2.24, 2.45) is 0 Å². The van der Waals surface area contributed by atoms with Crippen molar-refractivity contribution in [2.75, 3.05) is 27.2 Å². The number of carbonyl (C=O) groups excluding carboxylic acids is 1. The van der Waals surface area contributed by atoms with E-state index in [2.05, 4.69) is 5.43 Å². The first kappa shape index (κ1) is 10.2. The smallest absolute Gasteiger partial charge is 0.327 e. The first-order chi connectivity index (χ1) is 5.13. The van der Waals surface area contributed by atoms with Crippen molar-refractivity contribution in [3.05, 3.63) is 0 Å². The molecular weight excluding hydrogens is 142 g/mol. The monoisotopic (exact) mass is 159 g/mol. The van der Waals surface area contributed by atoms with Gasteiger partial charge in [-0.15, -0.1) is 0 Å². The zero-order chi connectivity index (χ0) is 8.85. The lowest BCUT2D eigenvalue weighted by molar-refractivity contribution is 0.156. The zero-order valence-electron chi connectivity index (χ0n) is 7.72. The standard InChI is InChI=1S/C7H17N3O/c1-5-8-10(4)7(11)9(3)6-2/h8H,5-6H2,1-4H3. The molecule has 0 aliphatic carbocycles. The summed E-state index contributed by atoms with van der Waals surface area (Å²) in [4.78, 5) is 12.9. The highest BCUT2D eigenvalue weighted by atomic mass is 16.2. The van der Waals surface area contributed by atoms with Gasteiger partial charge in [-0.05, 0) is 6.92 Å². The third-order valence-electron chi connectivity index (χ3n) is 1.48. The van der Waals surface area contributed by atoms with Gasteiger partial charge in [-0.3, -0.25) is 5.01 Å². The summed E-state index contributed by atoms with van der Waals surface area (Å²) in [5.41, 5.74) is 2.90.